The molecule has 1 aliphatic heterocycles. The van der Waals surface area contributed by atoms with E-state index in [1.807, 2.05) is 11.8 Å². The Hall–Kier alpha value is -2.18. The van der Waals surface area contributed by atoms with Crippen LogP contribution in [0.3, 0.4) is 0 Å². The molecule has 20 heavy (non-hydrogen) atoms. The normalized spacial score (nSPS) is 21.9. The van der Waals surface area contributed by atoms with E-state index in [1.165, 1.54) is 7.11 Å². The van der Waals surface area contributed by atoms with Crippen molar-refractivity contribution in [2.45, 2.75) is 13.8 Å². The molecule has 2 heterocycles. The number of anilines is 1. The number of aliphatic carboxylic acids is 1. The average molecular weight is 279 g/mol. The van der Waals surface area contributed by atoms with Crippen molar-refractivity contribution in [3.8, 4) is 0 Å². The van der Waals surface area contributed by atoms with Crippen molar-refractivity contribution in [2.75, 3.05) is 25.1 Å². The van der Waals surface area contributed by atoms with Crippen LogP contribution < -0.4 is 4.90 Å². The number of rotatable bonds is 3. The Morgan fingerprint density at radius 1 is 1.40 bits per heavy atom. The van der Waals surface area contributed by atoms with Gasteiger partial charge in [-0.2, -0.15) is 0 Å². The van der Waals surface area contributed by atoms with E-state index >= 15 is 0 Å². The van der Waals surface area contributed by atoms with E-state index in [-0.39, 0.29) is 11.7 Å². The van der Waals surface area contributed by atoms with Gasteiger partial charge in [0.2, 0.25) is 5.82 Å². The van der Waals surface area contributed by atoms with Gasteiger partial charge in [-0.1, -0.05) is 6.92 Å². The first-order valence-corrected chi connectivity index (χ1v) is 6.34. The molecule has 0 bridgehead atoms. The molecule has 108 valence electrons. The highest BCUT2D eigenvalue weighted by Crippen LogP contribution is 2.27. The molecule has 1 fully saturated rings. The molecule has 0 spiro atoms. The highest BCUT2D eigenvalue weighted by molar-refractivity contribution is 5.85. The van der Waals surface area contributed by atoms with Gasteiger partial charge in [0.25, 0.3) is 0 Å². The summed E-state index contributed by atoms with van der Waals surface area (Å²) >= 11 is 0. The monoisotopic (exact) mass is 279 g/mol. The average Bonchev–Trinajstić information content (AvgIpc) is 2.79. The fourth-order valence-corrected chi connectivity index (χ4v) is 2.37. The second-order valence-corrected chi connectivity index (χ2v) is 5.01. The number of carbonyl (C=O) groups excluding carboxylic acids is 1. The lowest BCUT2D eigenvalue weighted by molar-refractivity contribution is -0.142. The van der Waals surface area contributed by atoms with Crippen molar-refractivity contribution in [1.82, 2.24) is 9.97 Å². The molecule has 0 amide bonds. The first-order chi connectivity index (χ1) is 9.42. The molecule has 0 aliphatic carbocycles. The Morgan fingerprint density at radius 3 is 2.65 bits per heavy atom. The zero-order valence-corrected chi connectivity index (χ0v) is 11.7. The number of aromatic nitrogens is 2. The molecule has 1 aromatic heterocycles. The molecule has 0 radical (unpaired) electrons. The fraction of sp³-hybridized carbons (Fsp3) is 0.538. The molecule has 2 atom stereocenters. The largest absolute Gasteiger partial charge is 0.481 e. The smallest absolute Gasteiger partial charge is 0.376 e. The van der Waals surface area contributed by atoms with E-state index in [2.05, 4.69) is 14.7 Å². The number of carboxylic acid groups (broad SMARTS) is 1. The van der Waals surface area contributed by atoms with Gasteiger partial charge in [-0.3, -0.25) is 4.79 Å². The third-order valence-corrected chi connectivity index (χ3v) is 3.46. The second kappa shape index (κ2) is 5.44. The van der Waals surface area contributed by atoms with Gasteiger partial charge in [-0.15, -0.1) is 0 Å². The summed E-state index contributed by atoms with van der Waals surface area (Å²) in [4.78, 5) is 32.7. The number of esters is 1. The van der Waals surface area contributed by atoms with Gasteiger partial charge in [0, 0.05) is 24.8 Å². The van der Waals surface area contributed by atoms with Crippen molar-refractivity contribution in [1.29, 1.82) is 0 Å². The van der Waals surface area contributed by atoms with Gasteiger partial charge < -0.3 is 14.7 Å². The highest BCUT2D eigenvalue weighted by atomic mass is 16.5. The predicted octanol–water partition coefficient (Wildman–Crippen LogP) is 0.729. The third kappa shape index (κ3) is 2.71. The number of nitrogens with zero attached hydrogens (tertiary/aromatic N) is 3. The highest BCUT2D eigenvalue weighted by Gasteiger charge is 2.35. The maximum absolute atomic E-state index is 11.5. The quantitative estimate of drug-likeness (QED) is 0.815. The van der Waals surface area contributed by atoms with Crippen molar-refractivity contribution < 1.29 is 19.4 Å². The molecule has 2 unspecified atom stereocenters. The van der Waals surface area contributed by atoms with Gasteiger partial charge >= 0.3 is 11.9 Å². The van der Waals surface area contributed by atoms with Crippen LogP contribution >= 0.6 is 0 Å². The van der Waals surface area contributed by atoms with Gasteiger partial charge in [0.05, 0.1) is 13.0 Å². The minimum atomic E-state index is -0.807. The molecule has 1 saturated heterocycles. The Bertz CT molecular complexity index is 546. The number of ether oxygens (including phenoxy) is 1. The molecule has 7 nitrogen and oxygen atoms in total. The Labute approximate surface area is 116 Å². The lowest BCUT2D eigenvalue weighted by Crippen LogP contribution is -2.24. The Morgan fingerprint density at radius 2 is 2.10 bits per heavy atom. The maximum Gasteiger partial charge on any atom is 0.376 e. The van der Waals surface area contributed by atoms with Crippen LogP contribution in [0, 0.1) is 18.8 Å². The minimum absolute atomic E-state index is 0.00562. The van der Waals surface area contributed by atoms with E-state index in [1.54, 1.807) is 13.0 Å². The summed E-state index contributed by atoms with van der Waals surface area (Å²) in [5.74, 6) is -1.24. The van der Waals surface area contributed by atoms with Crippen LogP contribution in [0.25, 0.3) is 0 Å². The molecule has 7 heteroatoms. The van der Waals surface area contributed by atoms with Crippen LogP contribution in [0.2, 0.25) is 0 Å². The van der Waals surface area contributed by atoms with Gasteiger partial charge in [0.15, 0.2) is 0 Å². The van der Waals surface area contributed by atoms with Crippen LogP contribution in [-0.2, 0) is 9.53 Å². The first kappa shape index (κ1) is 14.2. The first-order valence-electron chi connectivity index (χ1n) is 6.34. The lowest BCUT2D eigenvalue weighted by atomic mass is 9.99. The number of hydrogen-bond acceptors (Lipinski definition) is 6. The van der Waals surface area contributed by atoms with Gasteiger partial charge in [-0.25, -0.2) is 14.8 Å². The summed E-state index contributed by atoms with van der Waals surface area (Å²) in [6, 6.07) is 1.74. The SMILES string of the molecule is COC(=O)c1nc(C)cc(N2CC(C)C(C(=O)O)C2)n1. The van der Waals surface area contributed by atoms with E-state index < -0.39 is 17.9 Å². The van der Waals surface area contributed by atoms with Gasteiger partial charge in [0.1, 0.15) is 5.82 Å². The zero-order valence-electron chi connectivity index (χ0n) is 11.7. The van der Waals surface area contributed by atoms with E-state index in [0.29, 0.717) is 24.6 Å². The number of aryl methyl sites for hydroxylation is 1. The van der Waals surface area contributed by atoms with Crippen molar-refractivity contribution in [2.24, 2.45) is 11.8 Å². The third-order valence-electron chi connectivity index (χ3n) is 3.46. The van der Waals surface area contributed by atoms with Crippen LogP contribution in [0.15, 0.2) is 6.07 Å². The fourth-order valence-electron chi connectivity index (χ4n) is 2.37. The summed E-state index contributed by atoms with van der Waals surface area (Å²) < 4.78 is 4.61. The second-order valence-electron chi connectivity index (χ2n) is 5.01. The molecule has 2 rings (SSSR count). The molecule has 1 aliphatic rings. The summed E-state index contributed by atoms with van der Waals surface area (Å²) in [6.45, 7) is 4.63. The summed E-state index contributed by atoms with van der Waals surface area (Å²) in [6.07, 6.45) is 0. The van der Waals surface area contributed by atoms with Crippen molar-refractivity contribution in [3.05, 3.63) is 17.6 Å². The summed E-state index contributed by atoms with van der Waals surface area (Å²) in [5.41, 5.74) is 0.641. The predicted molar refractivity (Wildman–Crippen MR) is 70.6 cm³/mol. The molecule has 1 aromatic rings. The van der Waals surface area contributed by atoms with Crippen molar-refractivity contribution in [3.63, 3.8) is 0 Å². The topological polar surface area (TPSA) is 92.6 Å². The molecule has 0 saturated carbocycles. The molecule has 0 aromatic carbocycles. The van der Waals surface area contributed by atoms with Gasteiger partial charge in [-0.05, 0) is 12.8 Å². The van der Waals surface area contributed by atoms with E-state index in [4.69, 9.17) is 5.11 Å². The molecular weight excluding hydrogens is 262 g/mol. The zero-order chi connectivity index (χ0) is 14.9. The van der Waals surface area contributed by atoms with E-state index in [9.17, 15) is 9.59 Å². The molecular formula is C13H17N3O4. The van der Waals surface area contributed by atoms with Crippen molar-refractivity contribution >= 4 is 17.8 Å². The minimum Gasteiger partial charge on any atom is -0.481 e. The summed E-state index contributed by atoms with van der Waals surface area (Å²) in [7, 11) is 1.27. The number of carboxylic acids is 1. The number of hydrogen-bond donors (Lipinski definition) is 1. The standard InChI is InChI=1S/C13H17N3O4/c1-7-5-16(6-9(7)12(17)18)10-4-8(2)14-11(15-10)13(19)20-3/h4,7,9H,5-6H2,1-3H3,(H,17,18). The van der Waals surface area contributed by atoms with E-state index in [0.717, 1.165) is 0 Å². The van der Waals surface area contributed by atoms with Crippen LogP contribution in [-0.4, -0.2) is 47.2 Å². The van der Waals surface area contributed by atoms with Crippen LogP contribution in [0.1, 0.15) is 23.2 Å². The number of methoxy groups -OCH3 is 1. The Balaban J connectivity index is 2.28. The van der Waals surface area contributed by atoms with Crippen LogP contribution in [0.4, 0.5) is 5.82 Å². The Kier molecular flexibility index (Phi) is 3.87. The maximum atomic E-state index is 11.5. The molecule has 1 N–H and O–H groups in total. The number of carbonyl (C=O) groups is 2. The van der Waals surface area contributed by atoms with Crippen LogP contribution in [0.5, 0.6) is 0 Å². The summed E-state index contributed by atoms with van der Waals surface area (Å²) in [5, 5.41) is 9.15. The lowest BCUT2D eigenvalue weighted by Gasteiger charge is -2.17.